The van der Waals surface area contributed by atoms with Gasteiger partial charge in [-0.05, 0) is 59.7 Å². The molecule has 0 bridgehead atoms. The molecule has 0 unspecified atom stereocenters. The van der Waals surface area contributed by atoms with Gasteiger partial charge in [0.05, 0.1) is 6.54 Å². The first-order valence-electron chi connectivity index (χ1n) is 9.68. The molecule has 1 heterocycles. The lowest BCUT2D eigenvalue weighted by molar-refractivity contribution is 0.0976. The van der Waals surface area contributed by atoms with E-state index in [4.69, 9.17) is 16.6 Å². The van der Waals surface area contributed by atoms with E-state index < -0.39 is 0 Å². The van der Waals surface area contributed by atoms with Crippen molar-refractivity contribution in [3.8, 4) is 22.5 Å². The fourth-order valence-corrected chi connectivity index (χ4v) is 3.50. The first-order chi connectivity index (χ1) is 15.1. The SMILES string of the molecule is O=C(NC(=S)NCc1ccc(-c2ccc(Br)cc2)o1)c1ccc(-c2ccccc2)cc1. The van der Waals surface area contributed by atoms with Gasteiger partial charge in [0.15, 0.2) is 5.11 Å². The molecule has 0 atom stereocenters. The topological polar surface area (TPSA) is 54.3 Å². The number of hydrogen-bond donors (Lipinski definition) is 2. The minimum Gasteiger partial charge on any atom is -0.459 e. The molecule has 3 aromatic carbocycles. The molecule has 0 spiro atoms. The maximum absolute atomic E-state index is 12.5. The van der Waals surface area contributed by atoms with Gasteiger partial charge in [-0.3, -0.25) is 10.1 Å². The molecule has 2 N–H and O–H groups in total. The summed E-state index contributed by atoms with van der Waals surface area (Å²) in [6.45, 7) is 0.378. The Balaban J connectivity index is 1.31. The number of furan rings is 1. The van der Waals surface area contributed by atoms with E-state index in [0.29, 0.717) is 12.1 Å². The van der Waals surface area contributed by atoms with Crippen molar-refractivity contribution in [1.29, 1.82) is 0 Å². The van der Waals surface area contributed by atoms with Crippen LogP contribution < -0.4 is 10.6 Å². The molecule has 0 saturated heterocycles. The van der Waals surface area contributed by atoms with Crippen LogP contribution in [0.25, 0.3) is 22.5 Å². The molecule has 154 valence electrons. The zero-order chi connectivity index (χ0) is 21.6. The van der Waals surface area contributed by atoms with E-state index in [0.717, 1.165) is 32.7 Å². The van der Waals surface area contributed by atoms with Crippen molar-refractivity contribution in [1.82, 2.24) is 10.6 Å². The largest absolute Gasteiger partial charge is 0.459 e. The van der Waals surface area contributed by atoms with Gasteiger partial charge >= 0.3 is 0 Å². The summed E-state index contributed by atoms with van der Waals surface area (Å²) in [6.07, 6.45) is 0. The lowest BCUT2D eigenvalue weighted by Gasteiger charge is -2.09. The Kier molecular flexibility index (Phi) is 6.60. The Morgan fingerprint density at radius 3 is 2.16 bits per heavy atom. The molecule has 0 aliphatic rings. The summed E-state index contributed by atoms with van der Waals surface area (Å²) in [5.74, 6) is 1.24. The molecule has 4 nitrogen and oxygen atoms in total. The second-order valence-electron chi connectivity index (χ2n) is 6.85. The minimum atomic E-state index is -0.257. The Morgan fingerprint density at radius 2 is 1.45 bits per heavy atom. The van der Waals surface area contributed by atoms with Gasteiger partial charge in [-0.15, -0.1) is 0 Å². The average molecular weight is 491 g/mol. The molecule has 0 aliphatic carbocycles. The standard InChI is InChI=1S/C25H19BrN2O2S/c26-21-12-10-19(11-13-21)23-15-14-22(30-23)16-27-25(31)28-24(29)20-8-6-18(7-9-20)17-4-2-1-3-5-17/h1-15H,16H2,(H2,27,28,29,31). The van der Waals surface area contributed by atoms with E-state index >= 15 is 0 Å². The number of carbonyl (C=O) groups excluding carboxylic acids is 1. The maximum atomic E-state index is 12.5. The molecule has 0 radical (unpaired) electrons. The third kappa shape index (κ3) is 5.48. The zero-order valence-corrected chi connectivity index (χ0v) is 18.9. The molecule has 4 aromatic rings. The van der Waals surface area contributed by atoms with E-state index in [1.807, 2.05) is 78.9 Å². The number of halogens is 1. The predicted octanol–water partition coefficient (Wildman–Crippen LogP) is 6.18. The van der Waals surface area contributed by atoms with Crippen LogP contribution in [0.3, 0.4) is 0 Å². The van der Waals surface area contributed by atoms with Gasteiger partial charge in [-0.1, -0.05) is 70.5 Å². The van der Waals surface area contributed by atoms with Crippen LogP contribution in [-0.2, 0) is 6.54 Å². The summed E-state index contributed by atoms with van der Waals surface area (Å²) in [5.41, 5.74) is 3.69. The Bertz CT molecular complexity index is 1190. The van der Waals surface area contributed by atoms with Crippen molar-refractivity contribution in [2.45, 2.75) is 6.54 Å². The highest BCUT2D eigenvalue weighted by Gasteiger charge is 2.10. The van der Waals surface area contributed by atoms with Gasteiger partial charge in [0, 0.05) is 15.6 Å². The summed E-state index contributed by atoms with van der Waals surface area (Å²) in [7, 11) is 0. The molecule has 0 aliphatic heterocycles. The van der Waals surface area contributed by atoms with Crippen LogP contribution >= 0.6 is 28.1 Å². The number of thiocarbonyl (C=S) groups is 1. The Morgan fingerprint density at radius 1 is 0.806 bits per heavy atom. The lowest BCUT2D eigenvalue weighted by atomic mass is 10.0. The summed E-state index contributed by atoms with van der Waals surface area (Å²) >= 11 is 8.68. The zero-order valence-electron chi connectivity index (χ0n) is 16.5. The highest BCUT2D eigenvalue weighted by atomic mass is 79.9. The fourth-order valence-electron chi connectivity index (χ4n) is 3.07. The second-order valence-corrected chi connectivity index (χ2v) is 8.18. The minimum absolute atomic E-state index is 0.249. The van der Waals surface area contributed by atoms with Crippen LogP contribution in [0, 0.1) is 0 Å². The van der Waals surface area contributed by atoms with Crippen molar-refractivity contribution in [2.75, 3.05) is 0 Å². The molecule has 1 aromatic heterocycles. The Hall–Kier alpha value is -3.22. The monoisotopic (exact) mass is 490 g/mol. The van der Waals surface area contributed by atoms with Crippen LogP contribution in [0.1, 0.15) is 16.1 Å². The van der Waals surface area contributed by atoms with Gasteiger partial charge in [-0.2, -0.15) is 0 Å². The van der Waals surface area contributed by atoms with Crippen molar-refractivity contribution in [3.05, 3.63) is 107 Å². The number of rotatable bonds is 5. The first-order valence-corrected chi connectivity index (χ1v) is 10.9. The summed E-state index contributed by atoms with van der Waals surface area (Å²) in [4.78, 5) is 12.5. The van der Waals surface area contributed by atoms with Crippen molar-refractivity contribution in [2.24, 2.45) is 0 Å². The van der Waals surface area contributed by atoms with Crippen LogP contribution in [-0.4, -0.2) is 11.0 Å². The highest BCUT2D eigenvalue weighted by molar-refractivity contribution is 9.10. The van der Waals surface area contributed by atoms with Gasteiger partial charge < -0.3 is 9.73 Å². The summed E-state index contributed by atoms with van der Waals surface area (Å²) in [6, 6.07) is 29.1. The summed E-state index contributed by atoms with van der Waals surface area (Å²) in [5, 5.41) is 5.96. The number of hydrogen-bond acceptors (Lipinski definition) is 3. The summed E-state index contributed by atoms with van der Waals surface area (Å²) < 4.78 is 6.87. The molecule has 0 fully saturated rings. The number of amides is 1. The van der Waals surface area contributed by atoms with Gasteiger partial charge in [0.25, 0.3) is 5.91 Å². The lowest BCUT2D eigenvalue weighted by Crippen LogP contribution is -2.38. The van der Waals surface area contributed by atoms with Crippen LogP contribution in [0.4, 0.5) is 0 Å². The van der Waals surface area contributed by atoms with E-state index in [9.17, 15) is 4.79 Å². The quantitative estimate of drug-likeness (QED) is 0.328. The first kappa shape index (κ1) is 21.0. The van der Waals surface area contributed by atoms with Gasteiger partial charge in [-0.25, -0.2) is 0 Å². The van der Waals surface area contributed by atoms with Crippen molar-refractivity contribution >= 4 is 39.2 Å². The van der Waals surface area contributed by atoms with Crippen molar-refractivity contribution in [3.63, 3.8) is 0 Å². The third-order valence-corrected chi connectivity index (χ3v) is 5.47. The van der Waals surface area contributed by atoms with E-state index in [1.165, 1.54) is 0 Å². The Labute approximate surface area is 194 Å². The second kappa shape index (κ2) is 9.73. The van der Waals surface area contributed by atoms with Crippen LogP contribution in [0.5, 0.6) is 0 Å². The maximum Gasteiger partial charge on any atom is 0.257 e. The highest BCUT2D eigenvalue weighted by Crippen LogP contribution is 2.24. The predicted molar refractivity (Wildman–Crippen MR) is 131 cm³/mol. The molecule has 31 heavy (non-hydrogen) atoms. The third-order valence-electron chi connectivity index (χ3n) is 4.69. The molecular weight excluding hydrogens is 472 g/mol. The average Bonchev–Trinajstić information content (AvgIpc) is 3.28. The smallest absolute Gasteiger partial charge is 0.257 e. The van der Waals surface area contributed by atoms with Crippen molar-refractivity contribution < 1.29 is 9.21 Å². The number of carbonyl (C=O) groups is 1. The number of benzene rings is 3. The molecule has 4 rings (SSSR count). The van der Waals surface area contributed by atoms with Gasteiger partial charge in [0.1, 0.15) is 11.5 Å². The normalized spacial score (nSPS) is 10.5. The molecule has 0 saturated carbocycles. The van der Waals surface area contributed by atoms with Crippen LogP contribution in [0.2, 0.25) is 0 Å². The fraction of sp³-hybridized carbons (Fsp3) is 0.0400. The number of nitrogens with one attached hydrogen (secondary N) is 2. The van der Waals surface area contributed by atoms with E-state index in [2.05, 4.69) is 26.6 Å². The van der Waals surface area contributed by atoms with E-state index in [1.54, 1.807) is 12.1 Å². The molecule has 1 amide bonds. The molecule has 6 heteroatoms. The molecular formula is C25H19BrN2O2S. The van der Waals surface area contributed by atoms with E-state index in [-0.39, 0.29) is 11.0 Å². The van der Waals surface area contributed by atoms with Crippen LogP contribution in [0.15, 0.2) is 99.9 Å². The van der Waals surface area contributed by atoms with Gasteiger partial charge in [0.2, 0.25) is 0 Å².